The lowest BCUT2D eigenvalue weighted by Crippen LogP contribution is -2.36. The number of rotatable bonds is 5. The minimum absolute atomic E-state index is 0.206. The summed E-state index contributed by atoms with van der Waals surface area (Å²) in [5, 5.41) is 9.14. The summed E-state index contributed by atoms with van der Waals surface area (Å²) in [7, 11) is 0. The highest BCUT2D eigenvalue weighted by Crippen LogP contribution is 2.34. The Kier molecular flexibility index (Phi) is 5.39. The number of aromatic amines is 1. The van der Waals surface area contributed by atoms with Crippen LogP contribution in [-0.4, -0.2) is 26.2 Å². The number of aromatic carboxylic acids is 1. The molecule has 0 spiro atoms. The summed E-state index contributed by atoms with van der Waals surface area (Å²) in [5.74, 6) is 1.71. The summed E-state index contributed by atoms with van der Waals surface area (Å²) >= 11 is 0. The van der Waals surface area contributed by atoms with E-state index in [0.717, 1.165) is 16.7 Å². The van der Waals surface area contributed by atoms with Crippen molar-refractivity contribution in [3.63, 3.8) is 0 Å². The third-order valence-corrected chi connectivity index (χ3v) is 5.44. The molecule has 0 amide bonds. The molecule has 4 rings (SSSR count). The summed E-state index contributed by atoms with van der Waals surface area (Å²) in [6.07, 6.45) is 10.3. The number of carboxylic acids is 1. The number of carboxylic acid groups (broad SMARTS) is 1. The van der Waals surface area contributed by atoms with Crippen LogP contribution in [0.3, 0.4) is 0 Å². The Bertz CT molecular complexity index is 1370. The molecular formula is C25H20N2O5. The molecule has 7 heteroatoms. The predicted octanol–water partition coefficient (Wildman–Crippen LogP) is 2.91. The Balaban J connectivity index is 1.65. The third kappa shape index (κ3) is 3.92. The van der Waals surface area contributed by atoms with Crippen LogP contribution < -0.4 is 11.2 Å². The Labute approximate surface area is 183 Å². The van der Waals surface area contributed by atoms with E-state index in [9.17, 15) is 14.4 Å². The molecule has 7 nitrogen and oxygen atoms in total. The first-order valence-corrected chi connectivity index (χ1v) is 9.90. The van der Waals surface area contributed by atoms with E-state index < -0.39 is 29.0 Å². The highest BCUT2D eigenvalue weighted by atomic mass is 16.5. The van der Waals surface area contributed by atoms with Crippen LogP contribution in [0.2, 0.25) is 0 Å². The van der Waals surface area contributed by atoms with Crippen LogP contribution in [0.1, 0.15) is 27.7 Å². The minimum atomic E-state index is -1.09. The fraction of sp³-hybridized carbons (Fsp3) is 0.160. The number of aryl methyl sites for hydroxylation is 1. The van der Waals surface area contributed by atoms with Crippen LogP contribution in [0.25, 0.3) is 11.1 Å². The highest BCUT2D eigenvalue weighted by Gasteiger charge is 2.36. The van der Waals surface area contributed by atoms with E-state index in [2.05, 4.69) is 10.9 Å². The van der Waals surface area contributed by atoms with Gasteiger partial charge in [0.2, 0.25) is 0 Å². The van der Waals surface area contributed by atoms with Crippen LogP contribution in [-0.2, 0) is 11.2 Å². The Morgan fingerprint density at radius 3 is 2.62 bits per heavy atom. The fourth-order valence-corrected chi connectivity index (χ4v) is 3.72. The molecule has 2 atom stereocenters. The zero-order chi connectivity index (χ0) is 22.9. The zero-order valence-corrected chi connectivity index (χ0v) is 17.2. The molecule has 0 fully saturated rings. The largest absolute Gasteiger partial charge is 0.478 e. The summed E-state index contributed by atoms with van der Waals surface area (Å²) in [6, 6.07) is 14.3. The number of H-pyrrole nitrogens is 1. The monoisotopic (exact) mass is 428 g/mol. The van der Waals surface area contributed by atoms with Gasteiger partial charge in [-0.15, -0.1) is 6.42 Å². The van der Waals surface area contributed by atoms with E-state index in [1.54, 1.807) is 43.3 Å². The van der Waals surface area contributed by atoms with Crippen molar-refractivity contribution in [2.45, 2.75) is 25.2 Å². The van der Waals surface area contributed by atoms with Gasteiger partial charge >= 0.3 is 11.7 Å². The molecule has 1 aromatic heterocycles. The van der Waals surface area contributed by atoms with Crippen molar-refractivity contribution in [2.75, 3.05) is 0 Å². The summed E-state index contributed by atoms with van der Waals surface area (Å²) in [6.45, 7) is 1.60. The second-order valence-electron chi connectivity index (χ2n) is 7.60. The van der Waals surface area contributed by atoms with E-state index in [4.69, 9.17) is 16.3 Å². The van der Waals surface area contributed by atoms with Gasteiger partial charge in [0.15, 0.2) is 11.8 Å². The number of hydrogen-bond donors (Lipinski definition) is 2. The first-order chi connectivity index (χ1) is 15.3. The smallest absolute Gasteiger partial charge is 0.335 e. The maximum absolute atomic E-state index is 12.3. The van der Waals surface area contributed by atoms with E-state index >= 15 is 0 Å². The predicted molar refractivity (Wildman–Crippen MR) is 119 cm³/mol. The quantitative estimate of drug-likeness (QED) is 0.481. The number of ether oxygens (including phenoxy) is 1. The van der Waals surface area contributed by atoms with Crippen molar-refractivity contribution in [3.05, 3.63) is 104 Å². The van der Waals surface area contributed by atoms with Gasteiger partial charge in [-0.2, -0.15) is 0 Å². The Morgan fingerprint density at radius 2 is 1.94 bits per heavy atom. The molecule has 3 aromatic rings. The minimum Gasteiger partial charge on any atom is -0.478 e. The second-order valence-corrected chi connectivity index (χ2v) is 7.60. The number of benzene rings is 2. The van der Waals surface area contributed by atoms with Crippen molar-refractivity contribution in [1.82, 2.24) is 9.55 Å². The lowest BCUT2D eigenvalue weighted by atomic mass is 9.89. The molecule has 0 bridgehead atoms. The average Bonchev–Trinajstić information content (AvgIpc) is 3.21. The molecule has 0 radical (unpaired) electrons. The normalized spacial score (nSPS) is 19.6. The average molecular weight is 428 g/mol. The zero-order valence-electron chi connectivity index (χ0n) is 17.2. The molecule has 1 aliphatic heterocycles. The van der Waals surface area contributed by atoms with Crippen molar-refractivity contribution in [3.8, 4) is 23.5 Å². The van der Waals surface area contributed by atoms with Crippen LogP contribution in [0, 0.1) is 19.3 Å². The van der Waals surface area contributed by atoms with Crippen molar-refractivity contribution in [2.24, 2.45) is 0 Å². The van der Waals surface area contributed by atoms with E-state index in [1.165, 1.54) is 10.8 Å². The molecule has 2 aromatic carbocycles. The van der Waals surface area contributed by atoms with Crippen LogP contribution in [0.5, 0.6) is 0 Å². The lowest BCUT2D eigenvalue weighted by Gasteiger charge is -2.25. The SMILES string of the molecule is C#C[C@@]1(Cc2ccccc2-c2ccc(C(=O)O)cc2)C=C[C@H](n2cc(C)c(=O)[nH]c2=O)O1. The van der Waals surface area contributed by atoms with Crippen LogP contribution in [0.4, 0.5) is 0 Å². The van der Waals surface area contributed by atoms with Gasteiger partial charge in [-0.05, 0) is 47.9 Å². The second kappa shape index (κ2) is 8.17. The molecule has 0 unspecified atom stereocenters. The van der Waals surface area contributed by atoms with Gasteiger partial charge in [0.25, 0.3) is 5.56 Å². The molecule has 2 N–H and O–H groups in total. The molecule has 0 saturated heterocycles. The number of hydrogen-bond acceptors (Lipinski definition) is 4. The Hall–Kier alpha value is -4.15. The number of carbonyl (C=O) groups is 1. The number of terminal acetylenes is 1. The topological polar surface area (TPSA) is 101 Å². The molecular weight excluding hydrogens is 408 g/mol. The van der Waals surface area contributed by atoms with Crippen molar-refractivity contribution < 1.29 is 14.6 Å². The first-order valence-electron chi connectivity index (χ1n) is 9.90. The van der Waals surface area contributed by atoms with Crippen LogP contribution >= 0.6 is 0 Å². The van der Waals surface area contributed by atoms with Gasteiger partial charge < -0.3 is 9.84 Å². The molecule has 0 aliphatic carbocycles. The summed E-state index contributed by atoms with van der Waals surface area (Å²) in [5.41, 5.74) is 1.13. The Morgan fingerprint density at radius 1 is 1.22 bits per heavy atom. The number of aromatic nitrogens is 2. The van der Waals surface area contributed by atoms with Gasteiger partial charge in [0.1, 0.15) is 0 Å². The van der Waals surface area contributed by atoms with E-state index in [-0.39, 0.29) is 5.56 Å². The fourth-order valence-electron chi connectivity index (χ4n) is 3.72. The van der Waals surface area contributed by atoms with Gasteiger partial charge in [0.05, 0.1) is 5.56 Å². The summed E-state index contributed by atoms with van der Waals surface area (Å²) < 4.78 is 7.42. The highest BCUT2D eigenvalue weighted by molar-refractivity contribution is 5.88. The molecule has 2 heterocycles. The number of nitrogens with one attached hydrogen (secondary N) is 1. The van der Waals surface area contributed by atoms with Gasteiger partial charge in [-0.1, -0.05) is 42.3 Å². The summed E-state index contributed by atoms with van der Waals surface area (Å²) in [4.78, 5) is 37.3. The number of nitrogens with zero attached hydrogens (tertiary/aromatic N) is 1. The molecule has 32 heavy (non-hydrogen) atoms. The van der Waals surface area contributed by atoms with Gasteiger partial charge in [-0.25, -0.2) is 9.59 Å². The first kappa shape index (κ1) is 21.1. The van der Waals surface area contributed by atoms with E-state index in [1.807, 2.05) is 24.3 Å². The van der Waals surface area contributed by atoms with E-state index in [0.29, 0.717) is 12.0 Å². The van der Waals surface area contributed by atoms with Gasteiger partial charge in [-0.3, -0.25) is 14.3 Å². The molecule has 1 aliphatic rings. The third-order valence-electron chi connectivity index (χ3n) is 5.44. The standard InChI is InChI=1S/C25H20N2O5/c1-3-25(13-12-21(32-25)27-15-16(2)22(28)26-24(27)31)14-19-6-4-5-7-20(19)17-8-10-18(11-9-17)23(29)30/h1,4-13,15,21H,14H2,2H3,(H,29,30)(H,26,28,31)/t21-,25+/m1/s1. The van der Waals surface area contributed by atoms with Gasteiger partial charge in [0, 0.05) is 18.2 Å². The maximum Gasteiger partial charge on any atom is 0.335 e. The van der Waals surface area contributed by atoms with Crippen molar-refractivity contribution >= 4 is 5.97 Å². The maximum atomic E-state index is 12.3. The molecule has 0 saturated carbocycles. The van der Waals surface area contributed by atoms with Crippen molar-refractivity contribution in [1.29, 1.82) is 0 Å². The van der Waals surface area contributed by atoms with Crippen LogP contribution in [0.15, 0.2) is 76.5 Å². The lowest BCUT2D eigenvalue weighted by molar-refractivity contribution is -0.0234. The molecule has 160 valence electrons.